The number of fused-ring (bicyclic) bond motifs is 2. The molecule has 1 aromatic rings. The molecule has 0 bridgehead atoms. The molecule has 2 N–H and O–H groups in total. The largest absolute Gasteiger partial charge is 0.396 e. The van der Waals surface area contributed by atoms with Gasteiger partial charge in [0.25, 0.3) is 5.56 Å². The Kier molecular flexibility index (Phi) is 5.89. The topological polar surface area (TPSA) is 104 Å². The Hall–Kier alpha value is -2.74. The van der Waals surface area contributed by atoms with Crippen molar-refractivity contribution in [1.29, 1.82) is 0 Å². The zero-order valence-corrected chi connectivity index (χ0v) is 16.6. The molecule has 1 aromatic carbocycles. The molecule has 0 spiro atoms. The van der Waals surface area contributed by atoms with Gasteiger partial charge in [-0.25, -0.2) is 9.78 Å². The van der Waals surface area contributed by atoms with Gasteiger partial charge in [-0.05, 0) is 50.3 Å². The van der Waals surface area contributed by atoms with Crippen molar-refractivity contribution in [2.24, 2.45) is 0 Å². The minimum Gasteiger partial charge on any atom is -0.396 e. The van der Waals surface area contributed by atoms with Crippen molar-refractivity contribution in [2.75, 3.05) is 24.6 Å². The lowest BCUT2D eigenvalue weighted by Gasteiger charge is -2.29. The van der Waals surface area contributed by atoms with Crippen LogP contribution >= 0.6 is 0 Å². The van der Waals surface area contributed by atoms with E-state index in [2.05, 4.69) is 32.0 Å². The van der Waals surface area contributed by atoms with E-state index in [4.69, 9.17) is 5.11 Å². The second-order valence-electron chi connectivity index (χ2n) is 7.67. The number of anilines is 1. The summed E-state index contributed by atoms with van der Waals surface area (Å²) in [4.78, 5) is 37.4. The van der Waals surface area contributed by atoms with E-state index >= 15 is 0 Å². The predicted octanol–water partition coefficient (Wildman–Crippen LogP) is 2.13. The van der Waals surface area contributed by atoms with Gasteiger partial charge < -0.3 is 14.6 Å². The molecule has 1 fully saturated rings. The first-order valence-corrected chi connectivity index (χ1v) is 10.5. The molecule has 8 heteroatoms. The molecule has 3 aliphatic heterocycles. The number of aryl methyl sites for hydroxylation is 1. The van der Waals surface area contributed by atoms with E-state index in [1.165, 1.54) is 19.3 Å². The van der Waals surface area contributed by atoms with Crippen LogP contribution in [0.1, 0.15) is 44.9 Å². The van der Waals surface area contributed by atoms with Crippen LogP contribution in [0.25, 0.3) is 22.6 Å². The maximum Gasteiger partial charge on any atom is 0.349 e. The number of aliphatic hydroxyl groups is 1. The molecule has 0 aromatic heterocycles. The lowest BCUT2D eigenvalue weighted by molar-refractivity contribution is 0.282. The highest BCUT2D eigenvalue weighted by molar-refractivity contribution is 5.83. The molecule has 8 nitrogen and oxygen atoms in total. The zero-order chi connectivity index (χ0) is 20.2. The highest BCUT2D eigenvalue weighted by Crippen LogP contribution is 2.27. The molecular formula is C21H27N5O3. The number of aromatic nitrogens is 4. The molecule has 3 aliphatic rings. The summed E-state index contributed by atoms with van der Waals surface area (Å²) in [6, 6.07) is 6.11. The Bertz CT molecular complexity index is 1070. The Morgan fingerprint density at radius 2 is 1.79 bits per heavy atom. The van der Waals surface area contributed by atoms with Crippen molar-refractivity contribution >= 4 is 16.7 Å². The third kappa shape index (κ3) is 4.17. The number of nitrogens with one attached hydrogen (secondary N) is 1. The van der Waals surface area contributed by atoms with Crippen LogP contribution in [0, 0.1) is 0 Å². The number of H-pyrrole nitrogens is 1. The summed E-state index contributed by atoms with van der Waals surface area (Å²) in [5, 5.41) is 8.98. The van der Waals surface area contributed by atoms with Gasteiger partial charge in [0.1, 0.15) is 0 Å². The number of hydrogen-bond donors (Lipinski definition) is 2. The number of nitrogens with zero attached hydrogens (tertiary/aromatic N) is 4. The summed E-state index contributed by atoms with van der Waals surface area (Å²) in [6.07, 6.45) is 7.20. The SMILES string of the molecule is O=c1nc2n(CCCCCCO)c3cc(N4CCCCC4)ccc3nc-2c(=O)[nH]1. The molecule has 0 unspecified atom stereocenters. The van der Waals surface area contributed by atoms with E-state index in [1.807, 2.05) is 10.6 Å². The Morgan fingerprint density at radius 1 is 1.00 bits per heavy atom. The Balaban J connectivity index is 1.80. The quantitative estimate of drug-likeness (QED) is 0.467. The van der Waals surface area contributed by atoms with Crippen LogP contribution in [-0.4, -0.2) is 44.3 Å². The lowest BCUT2D eigenvalue weighted by Crippen LogP contribution is -2.30. The van der Waals surface area contributed by atoms with Gasteiger partial charge in [-0.3, -0.25) is 9.78 Å². The number of unbranched alkanes of at least 4 members (excludes halogenated alkanes) is 3. The normalized spacial score (nSPS) is 14.7. The molecule has 29 heavy (non-hydrogen) atoms. The summed E-state index contributed by atoms with van der Waals surface area (Å²) in [5.41, 5.74) is 1.79. The number of benzene rings is 1. The first kappa shape index (κ1) is 19.6. The highest BCUT2D eigenvalue weighted by Gasteiger charge is 2.20. The van der Waals surface area contributed by atoms with E-state index in [9.17, 15) is 9.59 Å². The molecule has 1 saturated heterocycles. The fraction of sp³-hybridized carbons (Fsp3) is 0.524. The van der Waals surface area contributed by atoms with E-state index in [0.29, 0.717) is 12.4 Å². The van der Waals surface area contributed by atoms with Crippen LogP contribution in [0.2, 0.25) is 0 Å². The standard InChI is InChI=1S/C21H27N5O3/c27-13-7-2-1-6-12-26-17-14-15(25-10-4-3-5-11-25)8-9-16(17)22-18-19(26)23-21(29)24-20(18)28/h8-9,14,27H,1-7,10-13H2,(H,24,28,29). The number of hydrogen-bond acceptors (Lipinski definition) is 6. The van der Waals surface area contributed by atoms with Crippen molar-refractivity contribution in [3.63, 3.8) is 0 Å². The van der Waals surface area contributed by atoms with E-state index in [-0.39, 0.29) is 12.3 Å². The van der Waals surface area contributed by atoms with Gasteiger partial charge in [-0.2, -0.15) is 4.98 Å². The average Bonchev–Trinajstić information content (AvgIpc) is 2.74. The van der Waals surface area contributed by atoms with Gasteiger partial charge in [0.15, 0.2) is 11.5 Å². The van der Waals surface area contributed by atoms with Crippen LogP contribution in [0.5, 0.6) is 0 Å². The van der Waals surface area contributed by atoms with Crippen molar-refractivity contribution in [3.8, 4) is 11.5 Å². The maximum absolute atomic E-state index is 12.3. The molecule has 0 atom stereocenters. The van der Waals surface area contributed by atoms with Crippen LogP contribution in [0.4, 0.5) is 5.69 Å². The summed E-state index contributed by atoms with van der Waals surface area (Å²) >= 11 is 0. The number of rotatable bonds is 7. The van der Waals surface area contributed by atoms with Crippen LogP contribution in [-0.2, 0) is 6.54 Å². The molecule has 0 radical (unpaired) electrons. The van der Waals surface area contributed by atoms with Crippen molar-refractivity contribution in [2.45, 2.75) is 51.5 Å². The van der Waals surface area contributed by atoms with Crippen LogP contribution < -0.4 is 16.1 Å². The zero-order valence-electron chi connectivity index (χ0n) is 16.6. The third-order valence-corrected chi connectivity index (χ3v) is 5.60. The van der Waals surface area contributed by atoms with Crippen molar-refractivity contribution in [3.05, 3.63) is 39.0 Å². The maximum atomic E-state index is 12.3. The van der Waals surface area contributed by atoms with Gasteiger partial charge in [0.2, 0.25) is 0 Å². The molecule has 0 aliphatic carbocycles. The lowest BCUT2D eigenvalue weighted by atomic mass is 10.1. The van der Waals surface area contributed by atoms with Gasteiger partial charge in [-0.1, -0.05) is 12.8 Å². The summed E-state index contributed by atoms with van der Waals surface area (Å²) in [6.45, 7) is 2.91. The molecular weight excluding hydrogens is 370 g/mol. The van der Waals surface area contributed by atoms with Gasteiger partial charge in [0.05, 0.1) is 11.0 Å². The van der Waals surface area contributed by atoms with Gasteiger partial charge in [-0.15, -0.1) is 0 Å². The van der Waals surface area contributed by atoms with Crippen LogP contribution in [0.15, 0.2) is 27.8 Å². The van der Waals surface area contributed by atoms with Gasteiger partial charge in [0, 0.05) is 31.9 Å². The van der Waals surface area contributed by atoms with E-state index < -0.39 is 11.2 Å². The summed E-state index contributed by atoms with van der Waals surface area (Å²) < 4.78 is 1.96. The van der Waals surface area contributed by atoms with Crippen molar-refractivity contribution < 1.29 is 5.11 Å². The fourth-order valence-electron chi connectivity index (χ4n) is 4.09. The second kappa shape index (κ2) is 8.73. The Labute approximate surface area is 168 Å². The average molecular weight is 397 g/mol. The number of aliphatic hydroxyl groups excluding tert-OH is 1. The molecule has 3 heterocycles. The highest BCUT2D eigenvalue weighted by atomic mass is 16.3. The minimum absolute atomic E-state index is 0.193. The van der Waals surface area contributed by atoms with Crippen LogP contribution in [0.3, 0.4) is 0 Å². The number of aromatic amines is 1. The predicted molar refractivity (Wildman–Crippen MR) is 113 cm³/mol. The smallest absolute Gasteiger partial charge is 0.349 e. The van der Waals surface area contributed by atoms with E-state index in [0.717, 1.165) is 55.5 Å². The second-order valence-corrected chi connectivity index (χ2v) is 7.67. The summed E-state index contributed by atoms with van der Waals surface area (Å²) in [5.74, 6) is 0.337. The molecule has 0 saturated carbocycles. The first-order valence-electron chi connectivity index (χ1n) is 10.5. The van der Waals surface area contributed by atoms with Crippen molar-refractivity contribution in [1.82, 2.24) is 19.5 Å². The fourth-order valence-corrected chi connectivity index (χ4v) is 4.09. The number of piperidine rings is 1. The monoisotopic (exact) mass is 397 g/mol. The Morgan fingerprint density at radius 3 is 2.59 bits per heavy atom. The summed E-state index contributed by atoms with van der Waals surface area (Å²) in [7, 11) is 0. The molecule has 154 valence electrons. The third-order valence-electron chi connectivity index (χ3n) is 5.60. The van der Waals surface area contributed by atoms with Gasteiger partial charge >= 0.3 is 5.69 Å². The minimum atomic E-state index is -0.648. The van der Waals surface area contributed by atoms with E-state index in [1.54, 1.807) is 0 Å². The molecule has 4 rings (SSSR count). The first-order chi connectivity index (χ1) is 14.2. The molecule has 0 amide bonds.